The Balaban J connectivity index is 2.52. The predicted octanol–water partition coefficient (Wildman–Crippen LogP) is 9.50. The van der Waals surface area contributed by atoms with Crippen LogP contribution in [0.25, 0.3) is 5.57 Å². The standard InChI is InChI=1S/C31H32ClF3O6/c1-19(2)26(18-27(32)20(3)4)29(40-30(36)38-17-16-37-7)28(21(5)6)22-8-10-23(11-9-22)39-24-12-14-25(15-13-24)41-31(33,34)35/h8-15,18H,1,5,16-17H2,2-4,6-7H3/b26-18+,29-28-. The van der Waals surface area contributed by atoms with Crippen LogP contribution in [0.15, 0.2) is 101 Å². The number of ether oxygens (including phenoxy) is 5. The summed E-state index contributed by atoms with van der Waals surface area (Å²) in [6.07, 6.45) is -4.08. The molecule has 0 saturated heterocycles. The Morgan fingerprint density at radius 2 is 1.41 bits per heavy atom. The van der Waals surface area contributed by atoms with Gasteiger partial charge in [0, 0.05) is 23.3 Å². The highest BCUT2D eigenvalue weighted by atomic mass is 35.5. The molecule has 0 amide bonds. The number of hydrogen-bond donors (Lipinski definition) is 0. The molecular formula is C31H32ClF3O6. The quantitative estimate of drug-likeness (QED) is 0.106. The molecule has 2 aromatic rings. The van der Waals surface area contributed by atoms with E-state index in [-0.39, 0.29) is 24.7 Å². The molecule has 0 heterocycles. The molecule has 0 aromatic heterocycles. The summed E-state index contributed by atoms with van der Waals surface area (Å²) in [5.41, 5.74) is 3.54. The number of halogens is 4. The Labute approximate surface area is 243 Å². The fourth-order valence-corrected chi connectivity index (χ4v) is 3.43. The summed E-state index contributed by atoms with van der Waals surface area (Å²) in [6, 6.07) is 11.8. The first-order valence-corrected chi connectivity index (χ1v) is 12.7. The zero-order valence-electron chi connectivity index (χ0n) is 23.5. The molecular weight excluding hydrogens is 561 g/mol. The summed E-state index contributed by atoms with van der Waals surface area (Å²) in [4.78, 5) is 12.6. The van der Waals surface area contributed by atoms with E-state index in [1.807, 2.05) is 13.8 Å². The second-order valence-corrected chi connectivity index (χ2v) is 9.42. The monoisotopic (exact) mass is 592 g/mol. The smallest absolute Gasteiger partial charge is 0.457 e. The van der Waals surface area contributed by atoms with Gasteiger partial charge in [0.05, 0.1) is 6.61 Å². The van der Waals surface area contributed by atoms with Crippen LogP contribution in [0, 0.1) is 0 Å². The van der Waals surface area contributed by atoms with E-state index < -0.39 is 12.5 Å². The van der Waals surface area contributed by atoms with Crippen LogP contribution in [0.3, 0.4) is 0 Å². The summed E-state index contributed by atoms with van der Waals surface area (Å²) >= 11 is 6.46. The van der Waals surface area contributed by atoms with Crippen molar-refractivity contribution in [2.45, 2.75) is 34.1 Å². The number of benzene rings is 2. The van der Waals surface area contributed by atoms with Crippen LogP contribution < -0.4 is 9.47 Å². The molecule has 2 aromatic carbocycles. The van der Waals surface area contributed by atoms with Crippen molar-refractivity contribution in [3.8, 4) is 17.2 Å². The largest absolute Gasteiger partial charge is 0.573 e. The molecule has 0 aliphatic rings. The molecule has 41 heavy (non-hydrogen) atoms. The molecule has 0 aliphatic heterocycles. The zero-order chi connectivity index (χ0) is 30.7. The molecule has 0 unspecified atom stereocenters. The van der Waals surface area contributed by atoms with Gasteiger partial charge in [-0.15, -0.1) is 13.2 Å². The van der Waals surface area contributed by atoms with Crippen molar-refractivity contribution in [3.05, 3.63) is 106 Å². The topological polar surface area (TPSA) is 63.2 Å². The van der Waals surface area contributed by atoms with E-state index in [1.165, 1.54) is 19.2 Å². The van der Waals surface area contributed by atoms with Crippen LogP contribution in [0.1, 0.15) is 33.3 Å². The van der Waals surface area contributed by atoms with Crippen LogP contribution in [-0.2, 0) is 14.2 Å². The lowest BCUT2D eigenvalue weighted by molar-refractivity contribution is -0.274. The van der Waals surface area contributed by atoms with Gasteiger partial charge in [-0.25, -0.2) is 4.79 Å². The van der Waals surface area contributed by atoms with Crippen molar-refractivity contribution >= 4 is 23.3 Å². The van der Waals surface area contributed by atoms with Gasteiger partial charge in [0.25, 0.3) is 0 Å². The number of carbonyl (C=O) groups excluding carboxylic acids is 1. The Hall–Kier alpha value is -3.95. The van der Waals surface area contributed by atoms with Gasteiger partial charge in [-0.3, -0.25) is 0 Å². The molecule has 0 fully saturated rings. The molecule has 10 heteroatoms. The number of alkyl halides is 3. The van der Waals surface area contributed by atoms with Gasteiger partial charge in [0.15, 0.2) is 0 Å². The number of hydrogen-bond acceptors (Lipinski definition) is 6. The van der Waals surface area contributed by atoms with E-state index in [0.29, 0.717) is 44.4 Å². The lowest BCUT2D eigenvalue weighted by Gasteiger charge is -2.19. The number of allylic oxidation sites excluding steroid dienone is 6. The first-order valence-electron chi connectivity index (χ1n) is 12.3. The summed E-state index contributed by atoms with van der Waals surface area (Å²) in [5, 5.41) is 0.438. The number of methoxy groups -OCH3 is 1. The minimum atomic E-state index is -4.79. The Bertz CT molecular complexity index is 1330. The molecule has 0 saturated carbocycles. The van der Waals surface area contributed by atoms with Crippen LogP contribution in [-0.4, -0.2) is 32.8 Å². The second-order valence-electron chi connectivity index (χ2n) is 9.01. The first-order chi connectivity index (χ1) is 19.2. The SMILES string of the molecule is C=C(C)/C(=C(OC(=O)OCCOC)\C(=C\C(Cl)=C(C)C)C(=C)C)c1ccc(Oc2ccc(OC(F)(F)F)cc2)cc1. The predicted molar refractivity (Wildman–Crippen MR) is 153 cm³/mol. The van der Waals surface area contributed by atoms with E-state index >= 15 is 0 Å². The first kappa shape index (κ1) is 33.3. The molecule has 6 nitrogen and oxygen atoms in total. The second kappa shape index (κ2) is 15.2. The van der Waals surface area contributed by atoms with Crippen LogP contribution in [0.2, 0.25) is 0 Å². The van der Waals surface area contributed by atoms with Gasteiger partial charge in [0.2, 0.25) is 0 Å². The number of carbonyl (C=O) groups is 1. The van der Waals surface area contributed by atoms with Crippen LogP contribution >= 0.6 is 11.6 Å². The molecule has 0 N–H and O–H groups in total. The third kappa shape index (κ3) is 10.9. The Kier molecular flexibility index (Phi) is 12.3. The Morgan fingerprint density at radius 1 is 0.878 bits per heavy atom. The molecule has 0 atom stereocenters. The van der Waals surface area contributed by atoms with E-state index in [9.17, 15) is 18.0 Å². The minimum absolute atomic E-state index is 0.0127. The zero-order valence-corrected chi connectivity index (χ0v) is 24.2. The van der Waals surface area contributed by atoms with Crippen molar-refractivity contribution in [1.82, 2.24) is 0 Å². The van der Waals surface area contributed by atoms with Crippen molar-refractivity contribution in [1.29, 1.82) is 0 Å². The van der Waals surface area contributed by atoms with Crippen molar-refractivity contribution in [3.63, 3.8) is 0 Å². The van der Waals surface area contributed by atoms with Crippen molar-refractivity contribution in [2.24, 2.45) is 0 Å². The molecule has 2 rings (SSSR count). The van der Waals surface area contributed by atoms with Gasteiger partial charge in [-0.05, 0) is 86.9 Å². The van der Waals surface area contributed by atoms with Crippen LogP contribution in [0.4, 0.5) is 18.0 Å². The fourth-order valence-electron chi connectivity index (χ4n) is 3.32. The summed E-state index contributed by atoms with van der Waals surface area (Å²) in [5.74, 6) is 0.485. The van der Waals surface area contributed by atoms with Gasteiger partial charge in [-0.1, -0.05) is 42.5 Å². The molecule has 220 valence electrons. The van der Waals surface area contributed by atoms with Crippen molar-refractivity contribution in [2.75, 3.05) is 20.3 Å². The highest BCUT2D eigenvalue weighted by Gasteiger charge is 2.31. The third-order valence-electron chi connectivity index (χ3n) is 5.24. The molecule has 0 spiro atoms. The van der Waals surface area contributed by atoms with E-state index in [2.05, 4.69) is 17.9 Å². The normalized spacial score (nSPS) is 12.2. The maximum atomic E-state index is 12.6. The van der Waals surface area contributed by atoms with E-state index in [4.69, 9.17) is 30.5 Å². The number of rotatable bonds is 12. The van der Waals surface area contributed by atoms with Gasteiger partial charge >= 0.3 is 12.5 Å². The summed E-state index contributed by atoms with van der Waals surface area (Å²) in [6.45, 7) is 15.5. The molecule has 0 radical (unpaired) electrons. The lowest BCUT2D eigenvalue weighted by Crippen LogP contribution is -2.16. The van der Waals surface area contributed by atoms with E-state index in [1.54, 1.807) is 44.2 Å². The summed E-state index contributed by atoms with van der Waals surface area (Å²) < 4.78 is 62.7. The fraction of sp³-hybridized carbons (Fsp3) is 0.258. The third-order valence-corrected chi connectivity index (χ3v) is 5.72. The van der Waals surface area contributed by atoms with Gasteiger partial charge < -0.3 is 23.7 Å². The van der Waals surface area contributed by atoms with Crippen LogP contribution in [0.5, 0.6) is 17.2 Å². The van der Waals surface area contributed by atoms with Gasteiger partial charge in [0.1, 0.15) is 29.6 Å². The average Bonchev–Trinajstić information content (AvgIpc) is 2.87. The maximum absolute atomic E-state index is 12.6. The van der Waals surface area contributed by atoms with Crippen molar-refractivity contribution < 1.29 is 41.7 Å². The van der Waals surface area contributed by atoms with Gasteiger partial charge in [-0.2, -0.15) is 0 Å². The molecule has 0 aliphatic carbocycles. The highest BCUT2D eigenvalue weighted by Crippen LogP contribution is 2.36. The summed E-state index contributed by atoms with van der Waals surface area (Å²) in [7, 11) is 1.48. The van der Waals surface area contributed by atoms with E-state index in [0.717, 1.165) is 17.7 Å². The lowest BCUT2D eigenvalue weighted by atomic mass is 9.93. The minimum Gasteiger partial charge on any atom is -0.457 e. The molecule has 0 bridgehead atoms. The highest BCUT2D eigenvalue weighted by molar-refractivity contribution is 6.31. The Morgan fingerprint density at radius 3 is 1.88 bits per heavy atom. The average molecular weight is 593 g/mol. The maximum Gasteiger partial charge on any atom is 0.573 e.